The van der Waals surface area contributed by atoms with E-state index in [4.69, 9.17) is 9.26 Å². The summed E-state index contributed by atoms with van der Waals surface area (Å²) in [6.07, 6.45) is 0. The van der Waals surface area contributed by atoms with Gasteiger partial charge in [0.25, 0.3) is 5.91 Å². The van der Waals surface area contributed by atoms with Gasteiger partial charge in [-0.3, -0.25) is 4.79 Å². The average Bonchev–Trinajstić information content (AvgIpc) is 3.13. The quantitative estimate of drug-likeness (QED) is 0.687. The van der Waals surface area contributed by atoms with Gasteiger partial charge in [-0.25, -0.2) is 4.39 Å². The summed E-state index contributed by atoms with van der Waals surface area (Å²) in [6, 6.07) is 17.2. The first-order chi connectivity index (χ1) is 12.1. The Morgan fingerprint density at radius 1 is 1.16 bits per heavy atom. The van der Waals surface area contributed by atoms with Gasteiger partial charge in [0, 0.05) is 18.7 Å². The molecule has 25 heavy (non-hydrogen) atoms. The molecule has 0 aliphatic rings. The van der Waals surface area contributed by atoms with Gasteiger partial charge >= 0.3 is 0 Å². The zero-order valence-electron chi connectivity index (χ0n) is 13.7. The topological polar surface area (TPSA) is 55.6 Å². The van der Waals surface area contributed by atoms with Gasteiger partial charge in [-0.2, -0.15) is 0 Å². The summed E-state index contributed by atoms with van der Waals surface area (Å²) in [5.74, 6) is -0.0281. The van der Waals surface area contributed by atoms with Crippen LogP contribution in [0, 0.1) is 5.82 Å². The number of carbonyl (C=O) groups is 1. The van der Waals surface area contributed by atoms with Crippen LogP contribution in [0.2, 0.25) is 0 Å². The molecule has 0 aliphatic heterocycles. The van der Waals surface area contributed by atoms with Crippen molar-refractivity contribution in [2.24, 2.45) is 0 Å². The van der Waals surface area contributed by atoms with Gasteiger partial charge in [0.2, 0.25) is 0 Å². The molecule has 1 aromatic heterocycles. The molecule has 0 fully saturated rings. The van der Waals surface area contributed by atoms with Crippen molar-refractivity contribution in [1.29, 1.82) is 0 Å². The molecular weight excluding hydrogens is 323 g/mol. The van der Waals surface area contributed by atoms with Crippen LogP contribution in [-0.2, 0) is 0 Å². The van der Waals surface area contributed by atoms with Gasteiger partial charge in [0.05, 0.1) is 6.54 Å². The van der Waals surface area contributed by atoms with Crippen molar-refractivity contribution in [1.82, 2.24) is 10.1 Å². The maximum Gasteiger partial charge on any atom is 0.275 e. The molecule has 3 aromatic rings. The molecular formula is C19H17FN2O3. The van der Waals surface area contributed by atoms with Gasteiger partial charge in [-0.05, 0) is 12.1 Å². The minimum atomic E-state index is -0.430. The molecule has 0 unspecified atom stereocenters. The van der Waals surface area contributed by atoms with Crippen molar-refractivity contribution < 1.29 is 18.4 Å². The van der Waals surface area contributed by atoms with Crippen LogP contribution in [0.4, 0.5) is 4.39 Å². The van der Waals surface area contributed by atoms with Gasteiger partial charge in [-0.1, -0.05) is 47.6 Å². The standard InChI is InChI=1S/C19H17FN2O3/c1-22(11-12-24-17-10-6-5-9-15(17)20)19(23)16-13-18(25-21-16)14-7-3-2-4-8-14/h2-10,13H,11-12H2,1H3. The highest BCUT2D eigenvalue weighted by atomic mass is 19.1. The fourth-order valence-corrected chi connectivity index (χ4v) is 2.27. The van der Waals surface area contributed by atoms with Crippen LogP contribution in [0.25, 0.3) is 11.3 Å². The van der Waals surface area contributed by atoms with E-state index >= 15 is 0 Å². The summed E-state index contributed by atoms with van der Waals surface area (Å²) in [5.41, 5.74) is 1.06. The highest BCUT2D eigenvalue weighted by Gasteiger charge is 2.17. The Balaban J connectivity index is 1.57. The zero-order valence-corrected chi connectivity index (χ0v) is 13.7. The van der Waals surface area contributed by atoms with Crippen molar-refractivity contribution >= 4 is 5.91 Å². The van der Waals surface area contributed by atoms with Gasteiger partial charge < -0.3 is 14.2 Å². The Bertz CT molecular complexity index is 849. The summed E-state index contributed by atoms with van der Waals surface area (Å²) in [7, 11) is 1.63. The fourth-order valence-electron chi connectivity index (χ4n) is 2.27. The summed E-state index contributed by atoms with van der Waals surface area (Å²) in [6.45, 7) is 0.466. The molecule has 0 aliphatic carbocycles. The second-order valence-electron chi connectivity index (χ2n) is 5.45. The van der Waals surface area contributed by atoms with Crippen LogP contribution in [0.15, 0.2) is 65.2 Å². The van der Waals surface area contributed by atoms with Gasteiger partial charge in [0.15, 0.2) is 23.0 Å². The van der Waals surface area contributed by atoms with E-state index in [1.54, 1.807) is 31.3 Å². The Kier molecular flexibility index (Phi) is 5.09. The third kappa shape index (κ3) is 4.03. The Hall–Kier alpha value is -3.15. The van der Waals surface area contributed by atoms with Crippen LogP contribution in [0.3, 0.4) is 0 Å². The van der Waals surface area contributed by atoms with E-state index in [1.807, 2.05) is 30.3 Å². The molecule has 0 bridgehead atoms. The molecule has 1 heterocycles. The first-order valence-electron chi connectivity index (χ1n) is 7.80. The number of rotatable bonds is 6. The van der Waals surface area contributed by atoms with Crippen LogP contribution in [0.5, 0.6) is 5.75 Å². The molecule has 128 valence electrons. The molecule has 0 spiro atoms. The van der Waals surface area contributed by atoms with Crippen LogP contribution in [0.1, 0.15) is 10.5 Å². The maximum absolute atomic E-state index is 13.5. The maximum atomic E-state index is 13.5. The Morgan fingerprint density at radius 3 is 2.64 bits per heavy atom. The number of likely N-dealkylation sites (N-methyl/N-ethyl adjacent to an activating group) is 1. The van der Waals surface area contributed by atoms with Crippen molar-refractivity contribution in [3.63, 3.8) is 0 Å². The predicted octanol–water partition coefficient (Wildman–Crippen LogP) is 3.63. The summed E-state index contributed by atoms with van der Waals surface area (Å²) in [5, 5.41) is 3.83. The van der Waals surface area contributed by atoms with E-state index in [0.29, 0.717) is 12.3 Å². The largest absolute Gasteiger partial charge is 0.489 e. The second-order valence-corrected chi connectivity index (χ2v) is 5.45. The number of hydrogen-bond acceptors (Lipinski definition) is 4. The Labute approximate surface area is 144 Å². The first-order valence-corrected chi connectivity index (χ1v) is 7.80. The fraction of sp³-hybridized carbons (Fsp3) is 0.158. The normalized spacial score (nSPS) is 10.5. The van der Waals surface area contributed by atoms with E-state index in [-0.39, 0.29) is 24.0 Å². The molecule has 0 radical (unpaired) electrons. The van der Waals surface area contributed by atoms with E-state index in [0.717, 1.165) is 5.56 Å². The first kappa shape index (κ1) is 16.7. The van der Waals surface area contributed by atoms with Crippen LogP contribution < -0.4 is 4.74 Å². The molecule has 1 amide bonds. The van der Waals surface area contributed by atoms with Gasteiger partial charge in [0.1, 0.15) is 6.61 Å². The number of carbonyl (C=O) groups excluding carboxylic acids is 1. The van der Waals surface area contributed by atoms with E-state index in [1.165, 1.54) is 11.0 Å². The summed E-state index contributed by atoms with van der Waals surface area (Å²) >= 11 is 0. The number of ether oxygens (including phenoxy) is 1. The third-order valence-corrected chi connectivity index (χ3v) is 3.66. The monoisotopic (exact) mass is 340 g/mol. The SMILES string of the molecule is CN(CCOc1ccccc1F)C(=O)c1cc(-c2ccccc2)on1. The molecule has 0 saturated heterocycles. The van der Waals surface area contributed by atoms with Crippen LogP contribution in [-0.4, -0.2) is 36.2 Å². The number of halogens is 1. The molecule has 6 heteroatoms. The number of nitrogens with zero attached hydrogens (tertiary/aromatic N) is 2. The number of aromatic nitrogens is 1. The lowest BCUT2D eigenvalue weighted by Crippen LogP contribution is -2.31. The highest BCUT2D eigenvalue weighted by molar-refractivity contribution is 5.92. The number of benzene rings is 2. The lowest BCUT2D eigenvalue weighted by molar-refractivity contribution is 0.0762. The zero-order chi connectivity index (χ0) is 17.6. The molecule has 0 saturated carbocycles. The van der Waals surface area contributed by atoms with Crippen molar-refractivity contribution in [2.45, 2.75) is 0 Å². The minimum Gasteiger partial charge on any atom is -0.489 e. The lowest BCUT2D eigenvalue weighted by Gasteiger charge is -2.16. The van der Waals surface area contributed by atoms with Crippen molar-refractivity contribution in [2.75, 3.05) is 20.2 Å². The molecule has 3 rings (SSSR count). The average molecular weight is 340 g/mol. The molecule has 5 nitrogen and oxygen atoms in total. The van der Waals surface area contributed by atoms with Crippen molar-refractivity contribution in [3.8, 4) is 17.1 Å². The molecule has 0 atom stereocenters. The Morgan fingerprint density at radius 2 is 1.88 bits per heavy atom. The van der Waals surface area contributed by atoms with Crippen LogP contribution >= 0.6 is 0 Å². The summed E-state index contributed by atoms with van der Waals surface area (Å²) in [4.78, 5) is 13.8. The van der Waals surface area contributed by atoms with E-state index < -0.39 is 5.82 Å². The highest BCUT2D eigenvalue weighted by Crippen LogP contribution is 2.20. The molecule has 0 N–H and O–H groups in total. The third-order valence-electron chi connectivity index (χ3n) is 3.66. The van der Waals surface area contributed by atoms with Crippen molar-refractivity contribution in [3.05, 3.63) is 72.2 Å². The smallest absolute Gasteiger partial charge is 0.275 e. The number of para-hydroxylation sites is 1. The number of hydrogen-bond donors (Lipinski definition) is 0. The minimum absolute atomic E-state index is 0.163. The lowest BCUT2D eigenvalue weighted by atomic mass is 10.1. The van der Waals surface area contributed by atoms with Gasteiger partial charge in [-0.15, -0.1) is 0 Å². The predicted molar refractivity (Wildman–Crippen MR) is 90.8 cm³/mol. The summed E-state index contributed by atoms with van der Waals surface area (Å²) < 4.78 is 24.1. The molecule has 2 aromatic carbocycles. The van der Waals surface area contributed by atoms with E-state index in [2.05, 4.69) is 5.16 Å². The number of amides is 1. The second kappa shape index (κ2) is 7.61. The van der Waals surface area contributed by atoms with E-state index in [9.17, 15) is 9.18 Å².